The zero-order valence-electron chi connectivity index (χ0n) is 10.7. The van der Waals surface area contributed by atoms with Crippen LogP contribution in [0.5, 0.6) is 0 Å². The minimum absolute atomic E-state index is 0.125. The summed E-state index contributed by atoms with van der Waals surface area (Å²) in [5.41, 5.74) is -0.305. The van der Waals surface area contributed by atoms with Gasteiger partial charge in [0.1, 0.15) is 5.60 Å². The molecule has 0 aliphatic heterocycles. The fraction of sp³-hybridized carbons (Fsp3) is 0.455. The van der Waals surface area contributed by atoms with Crippen molar-refractivity contribution >= 4 is 17.6 Å². The summed E-state index contributed by atoms with van der Waals surface area (Å²) < 4.78 is 4.99. The number of carbonyl (C=O) groups is 1. The third-order valence-electron chi connectivity index (χ3n) is 1.82. The molecule has 0 bridgehead atoms. The number of pyridine rings is 1. The van der Waals surface area contributed by atoms with Crippen molar-refractivity contribution < 1.29 is 14.5 Å². The van der Waals surface area contributed by atoms with Crippen molar-refractivity contribution in [3.8, 4) is 0 Å². The highest BCUT2D eigenvalue weighted by Gasteiger charge is 2.21. The standard InChI is InChI=1S/C11H15N3O4/c1-7-5-8(14(16)17)9(12-6-7)13-10(15)18-11(2,3)4/h5-6H,1-4H3,(H,12,13,15). The molecule has 0 aliphatic carbocycles. The van der Waals surface area contributed by atoms with E-state index in [-0.39, 0.29) is 11.5 Å². The molecule has 18 heavy (non-hydrogen) atoms. The van der Waals surface area contributed by atoms with Gasteiger partial charge in [0.2, 0.25) is 5.82 Å². The first kappa shape index (κ1) is 13.9. The minimum atomic E-state index is -0.776. The molecule has 1 rings (SSSR count). The van der Waals surface area contributed by atoms with E-state index in [9.17, 15) is 14.9 Å². The molecule has 1 N–H and O–H groups in total. The van der Waals surface area contributed by atoms with Gasteiger partial charge in [0, 0.05) is 12.3 Å². The number of nitrogens with one attached hydrogen (secondary N) is 1. The van der Waals surface area contributed by atoms with Crippen molar-refractivity contribution in [2.24, 2.45) is 0 Å². The van der Waals surface area contributed by atoms with Crippen LogP contribution in [0.1, 0.15) is 26.3 Å². The highest BCUT2D eigenvalue weighted by atomic mass is 16.6. The summed E-state index contributed by atoms with van der Waals surface area (Å²) >= 11 is 0. The van der Waals surface area contributed by atoms with E-state index in [1.807, 2.05) is 0 Å². The SMILES string of the molecule is Cc1cnc(NC(=O)OC(C)(C)C)c([N+](=O)[O-])c1. The summed E-state index contributed by atoms with van der Waals surface area (Å²) in [5.74, 6) is -0.125. The molecule has 1 aromatic rings. The molecule has 1 aromatic heterocycles. The Bertz CT molecular complexity index is 480. The van der Waals surface area contributed by atoms with Crippen LogP contribution in [0.15, 0.2) is 12.3 Å². The van der Waals surface area contributed by atoms with Gasteiger partial charge in [-0.05, 0) is 33.3 Å². The molecule has 0 spiro atoms. The predicted octanol–water partition coefficient (Wildman–Crippen LogP) is 2.65. The van der Waals surface area contributed by atoms with Crippen LogP contribution >= 0.6 is 0 Å². The molecule has 0 aliphatic rings. The molecule has 0 saturated heterocycles. The number of rotatable bonds is 2. The minimum Gasteiger partial charge on any atom is -0.444 e. The largest absolute Gasteiger partial charge is 0.444 e. The molecule has 1 amide bonds. The number of nitrogens with zero attached hydrogens (tertiary/aromatic N) is 2. The average Bonchev–Trinajstić information content (AvgIpc) is 2.17. The molecule has 0 unspecified atom stereocenters. The van der Waals surface area contributed by atoms with Crippen molar-refractivity contribution in [1.29, 1.82) is 0 Å². The molecule has 0 fully saturated rings. The van der Waals surface area contributed by atoms with Crippen LogP contribution in [0.4, 0.5) is 16.3 Å². The van der Waals surface area contributed by atoms with Crippen LogP contribution in [-0.2, 0) is 4.74 Å². The second-order valence-corrected chi connectivity index (χ2v) is 4.76. The monoisotopic (exact) mass is 253 g/mol. The van der Waals surface area contributed by atoms with Crippen LogP contribution in [0.3, 0.4) is 0 Å². The zero-order valence-corrected chi connectivity index (χ0v) is 10.7. The second-order valence-electron chi connectivity index (χ2n) is 4.76. The molecule has 0 atom stereocenters. The van der Waals surface area contributed by atoms with Gasteiger partial charge in [-0.25, -0.2) is 9.78 Å². The van der Waals surface area contributed by atoms with Crippen LogP contribution in [-0.4, -0.2) is 21.6 Å². The van der Waals surface area contributed by atoms with Gasteiger partial charge in [0.05, 0.1) is 4.92 Å². The Hall–Kier alpha value is -2.18. The highest BCUT2D eigenvalue weighted by Crippen LogP contribution is 2.23. The molecule has 98 valence electrons. The van der Waals surface area contributed by atoms with Gasteiger partial charge in [0.25, 0.3) is 0 Å². The third kappa shape index (κ3) is 4.00. The van der Waals surface area contributed by atoms with Gasteiger partial charge in [0.15, 0.2) is 0 Å². The first-order chi connectivity index (χ1) is 8.19. The van der Waals surface area contributed by atoms with Gasteiger partial charge < -0.3 is 4.74 Å². The van der Waals surface area contributed by atoms with E-state index in [1.54, 1.807) is 27.7 Å². The lowest BCUT2D eigenvalue weighted by Crippen LogP contribution is -2.27. The number of aromatic nitrogens is 1. The number of ether oxygens (including phenoxy) is 1. The van der Waals surface area contributed by atoms with Gasteiger partial charge in [-0.15, -0.1) is 0 Å². The number of hydrogen-bond donors (Lipinski definition) is 1. The molecule has 0 radical (unpaired) electrons. The Morgan fingerprint density at radius 3 is 2.61 bits per heavy atom. The fourth-order valence-electron chi connectivity index (χ4n) is 1.19. The number of amides is 1. The summed E-state index contributed by atoms with van der Waals surface area (Å²) in [6.45, 7) is 6.77. The molecule has 7 heteroatoms. The molecule has 0 aromatic carbocycles. The van der Waals surface area contributed by atoms with Crippen molar-refractivity contribution in [1.82, 2.24) is 4.98 Å². The second kappa shape index (κ2) is 4.99. The first-order valence-electron chi connectivity index (χ1n) is 5.30. The Balaban J connectivity index is 2.91. The van der Waals surface area contributed by atoms with Gasteiger partial charge in [-0.3, -0.25) is 15.4 Å². The fourth-order valence-corrected chi connectivity index (χ4v) is 1.19. The summed E-state index contributed by atoms with van der Waals surface area (Å²) in [6, 6.07) is 1.33. The lowest BCUT2D eigenvalue weighted by molar-refractivity contribution is -0.384. The quantitative estimate of drug-likeness (QED) is 0.645. The Morgan fingerprint density at radius 2 is 2.11 bits per heavy atom. The van der Waals surface area contributed by atoms with E-state index in [1.165, 1.54) is 12.3 Å². The first-order valence-corrected chi connectivity index (χ1v) is 5.30. The van der Waals surface area contributed by atoms with Crippen LogP contribution in [0, 0.1) is 17.0 Å². The lowest BCUT2D eigenvalue weighted by Gasteiger charge is -2.19. The van der Waals surface area contributed by atoms with Crippen molar-refractivity contribution in [2.45, 2.75) is 33.3 Å². The summed E-state index contributed by atoms with van der Waals surface area (Å²) in [4.78, 5) is 25.5. The van der Waals surface area contributed by atoms with E-state index in [2.05, 4.69) is 10.3 Å². The third-order valence-corrected chi connectivity index (χ3v) is 1.82. The molecule has 1 heterocycles. The van der Waals surface area contributed by atoms with Crippen molar-refractivity contribution in [3.05, 3.63) is 27.9 Å². The number of anilines is 1. The Morgan fingerprint density at radius 1 is 1.50 bits per heavy atom. The zero-order chi connectivity index (χ0) is 13.9. The highest BCUT2D eigenvalue weighted by molar-refractivity contribution is 5.86. The molecular weight excluding hydrogens is 238 g/mol. The van der Waals surface area contributed by atoms with Gasteiger partial charge in [-0.1, -0.05) is 0 Å². The maximum Gasteiger partial charge on any atom is 0.413 e. The van der Waals surface area contributed by atoms with Crippen LogP contribution < -0.4 is 5.32 Å². The predicted molar refractivity (Wildman–Crippen MR) is 65.5 cm³/mol. The van der Waals surface area contributed by atoms with Crippen LogP contribution in [0.25, 0.3) is 0 Å². The van der Waals surface area contributed by atoms with E-state index in [0.29, 0.717) is 5.56 Å². The topological polar surface area (TPSA) is 94.4 Å². The molecule has 7 nitrogen and oxygen atoms in total. The van der Waals surface area contributed by atoms with E-state index in [4.69, 9.17) is 4.74 Å². The van der Waals surface area contributed by atoms with Gasteiger partial charge in [-0.2, -0.15) is 0 Å². The summed E-state index contributed by atoms with van der Waals surface area (Å²) in [5, 5.41) is 13.1. The number of carbonyl (C=O) groups excluding carboxylic acids is 1. The van der Waals surface area contributed by atoms with E-state index in [0.717, 1.165) is 0 Å². The normalized spacial score (nSPS) is 10.9. The van der Waals surface area contributed by atoms with Crippen molar-refractivity contribution in [2.75, 3.05) is 5.32 Å². The van der Waals surface area contributed by atoms with Crippen LogP contribution in [0.2, 0.25) is 0 Å². The summed E-state index contributed by atoms with van der Waals surface area (Å²) in [7, 11) is 0. The number of nitro groups is 1. The smallest absolute Gasteiger partial charge is 0.413 e. The number of aryl methyl sites for hydroxylation is 1. The maximum atomic E-state index is 11.5. The van der Waals surface area contributed by atoms with E-state index < -0.39 is 16.6 Å². The average molecular weight is 253 g/mol. The number of hydrogen-bond acceptors (Lipinski definition) is 5. The Kier molecular flexibility index (Phi) is 3.85. The van der Waals surface area contributed by atoms with Gasteiger partial charge >= 0.3 is 11.8 Å². The molecular formula is C11H15N3O4. The summed E-state index contributed by atoms with van der Waals surface area (Å²) in [6.07, 6.45) is 0.654. The Labute approximate surface area is 104 Å². The van der Waals surface area contributed by atoms with E-state index >= 15 is 0 Å². The molecule has 0 saturated carbocycles. The maximum absolute atomic E-state index is 11.5. The lowest BCUT2D eigenvalue weighted by atomic mass is 10.2. The van der Waals surface area contributed by atoms with Crippen molar-refractivity contribution in [3.63, 3.8) is 0 Å².